The molecule has 2 aromatic carbocycles. The summed E-state index contributed by atoms with van der Waals surface area (Å²) >= 11 is 0. The summed E-state index contributed by atoms with van der Waals surface area (Å²) in [6.07, 6.45) is 1.25. The van der Waals surface area contributed by atoms with E-state index in [0.29, 0.717) is 24.4 Å². The van der Waals surface area contributed by atoms with Gasteiger partial charge in [0, 0.05) is 32.2 Å². The molecular formula is C24H29F2N3O2. The molecule has 1 fully saturated rings. The Balaban J connectivity index is 1.51. The van der Waals surface area contributed by atoms with Gasteiger partial charge in [0.15, 0.2) is 0 Å². The number of nitrogens with zero attached hydrogens (tertiary/aromatic N) is 1. The van der Waals surface area contributed by atoms with Crippen molar-refractivity contribution in [2.24, 2.45) is 11.8 Å². The molecule has 5 nitrogen and oxygen atoms in total. The van der Waals surface area contributed by atoms with Gasteiger partial charge in [0.05, 0.1) is 12.1 Å². The fraction of sp³-hybridized carbons (Fsp3) is 0.417. The van der Waals surface area contributed by atoms with Crippen molar-refractivity contribution in [3.05, 3.63) is 70.8 Å². The molecule has 0 saturated carbocycles. The van der Waals surface area contributed by atoms with E-state index in [1.54, 1.807) is 0 Å². The maximum absolute atomic E-state index is 13.7. The maximum atomic E-state index is 13.7. The van der Waals surface area contributed by atoms with Crippen molar-refractivity contribution in [2.75, 3.05) is 19.6 Å². The average molecular weight is 430 g/mol. The van der Waals surface area contributed by atoms with Crippen LogP contribution in [0.5, 0.6) is 0 Å². The minimum atomic E-state index is -0.965. The van der Waals surface area contributed by atoms with Crippen molar-refractivity contribution in [3.8, 4) is 0 Å². The van der Waals surface area contributed by atoms with Gasteiger partial charge in [0.25, 0.3) is 5.91 Å². The number of hydrogen-bond donors (Lipinski definition) is 2. The lowest BCUT2D eigenvalue weighted by Gasteiger charge is -2.35. The molecule has 1 heterocycles. The fourth-order valence-corrected chi connectivity index (χ4v) is 4.23. The molecule has 7 heteroatoms. The summed E-state index contributed by atoms with van der Waals surface area (Å²) < 4.78 is 26.6. The van der Waals surface area contributed by atoms with Crippen LogP contribution in [0.15, 0.2) is 42.5 Å². The summed E-state index contributed by atoms with van der Waals surface area (Å²) in [4.78, 5) is 26.7. The van der Waals surface area contributed by atoms with Crippen molar-refractivity contribution in [2.45, 2.75) is 33.4 Å². The van der Waals surface area contributed by atoms with Gasteiger partial charge >= 0.3 is 0 Å². The van der Waals surface area contributed by atoms with Gasteiger partial charge in [-0.1, -0.05) is 38.1 Å². The van der Waals surface area contributed by atoms with E-state index in [1.165, 1.54) is 12.0 Å². The Hall–Kier alpha value is -2.80. The number of rotatable bonds is 7. The van der Waals surface area contributed by atoms with Gasteiger partial charge in [-0.2, -0.15) is 0 Å². The van der Waals surface area contributed by atoms with Crippen molar-refractivity contribution < 1.29 is 18.4 Å². The van der Waals surface area contributed by atoms with Crippen molar-refractivity contribution >= 4 is 11.8 Å². The SMILES string of the molecule is CC1CC(C)CN(Cc2ccccc2CNC(=O)CNC(=O)c2ccc(F)cc2F)C1. The van der Waals surface area contributed by atoms with E-state index in [2.05, 4.69) is 35.4 Å². The Morgan fingerprint density at radius 2 is 1.68 bits per heavy atom. The fourth-order valence-electron chi connectivity index (χ4n) is 4.23. The van der Waals surface area contributed by atoms with E-state index < -0.39 is 17.5 Å². The van der Waals surface area contributed by atoms with Gasteiger partial charge in [0.2, 0.25) is 5.91 Å². The van der Waals surface area contributed by atoms with E-state index in [9.17, 15) is 18.4 Å². The zero-order chi connectivity index (χ0) is 22.4. The minimum Gasteiger partial charge on any atom is -0.350 e. The molecule has 1 aliphatic heterocycles. The van der Waals surface area contributed by atoms with Gasteiger partial charge in [0.1, 0.15) is 11.6 Å². The van der Waals surface area contributed by atoms with Gasteiger partial charge in [-0.05, 0) is 41.5 Å². The highest BCUT2D eigenvalue weighted by molar-refractivity contribution is 5.96. The number of piperidine rings is 1. The van der Waals surface area contributed by atoms with Gasteiger partial charge in [-0.15, -0.1) is 0 Å². The number of likely N-dealkylation sites (tertiary alicyclic amines) is 1. The summed E-state index contributed by atoms with van der Waals surface area (Å²) in [5.74, 6) is -1.53. The van der Waals surface area contributed by atoms with Crippen LogP contribution in [0.1, 0.15) is 41.8 Å². The Morgan fingerprint density at radius 1 is 1.00 bits per heavy atom. The zero-order valence-corrected chi connectivity index (χ0v) is 18.0. The smallest absolute Gasteiger partial charge is 0.254 e. The Labute approximate surface area is 181 Å². The molecule has 0 radical (unpaired) electrons. The van der Waals surface area contributed by atoms with Crippen LogP contribution < -0.4 is 10.6 Å². The van der Waals surface area contributed by atoms with Crippen molar-refractivity contribution in [3.63, 3.8) is 0 Å². The predicted molar refractivity (Wildman–Crippen MR) is 115 cm³/mol. The highest BCUT2D eigenvalue weighted by Gasteiger charge is 2.22. The Morgan fingerprint density at radius 3 is 2.35 bits per heavy atom. The molecule has 31 heavy (non-hydrogen) atoms. The third-order valence-corrected chi connectivity index (χ3v) is 5.52. The third kappa shape index (κ3) is 6.59. The molecule has 2 amide bonds. The lowest BCUT2D eigenvalue weighted by atomic mass is 9.91. The van der Waals surface area contributed by atoms with Crippen LogP contribution >= 0.6 is 0 Å². The first-order valence-electron chi connectivity index (χ1n) is 10.6. The van der Waals surface area contributed by atoms with E-state index >= 15 is 0 Å². The standard InChI is InChI=1S/C24H29F2N3O2/c1-16-9-17(2)14-29(13-16)15-19-6-4-3-5-18(19)11-27-23(30)12-28-24(31)21-8-7-20(25)10-22(21)26/h3-8,10,16-17H,9,11-15H2,1-2H3,(H,27,30)(H,28,31). The lowest BCUT2D eigenvalue weighted by molar-refractivity contribution is -0.120. The second-order valence-electron chi connectivity index (χ2n) is 8.49. The number of carbonyl (C=O) groups excluding carboxylic acids is 2. The van der Waals surface area contributed by atoms with Crippen LogP contribution in [0.4, 0.5) is 8.78 Å². The van der Waals surface area contributed by atoms with Gasteiger partial charge < -0.3 is 10.6 Å². The largest absolute Gasteiger partial charge is 0.350 e. The molecule has 2 unspecified atom stereocenters. The first-order valence-corrected chi connectivity index (χ1v) is 10.6. The van der Waals surface area contributed by atoms with Crippen LogP contribution in [-0.2, 0) is 17.9 Å². The molecule has 1 aliphatic rings. The van der Waals surface area contributed by atoms with E-state index in [0.717, 1.165) is 37.3 Å². The summed E-state index contributed by atoms with van der Waals surface area (Å²) in [6, 6.07) is 10.7. The molecule has 166 valence electrons. The molecule has 0 aliphatic carbocycles. The molecule has 0 spiro atoms. The molecule has 2 atom stereocenters. The molecule has 2 N–H and O–H groups in total. The number of nitrogens with one attached hydrogen (secondary N) is 2. The molecule has 2 aromatic rings. The number of amides is 2. The summed E-state index contributed by atoms with van der Waals surface area (Å²) in [7, 11) is 0. The van der Waals surface area contributed by atoms with Crippen LogP contribution in [0.3, 0.4) is 0 Å². The van der Waals surface area contributed by atoms with E-state index in [-0.39, 0.29) is 18.0 Å². The zero-order valence-electron chi connectivity index (χ0n) is 18.0. The lowest BCUT2D eigenvalue weighted by Crippen LogP contribution is -2.39. The number of hydrogen-bond acceptors (Lipinski definition) is 3. The Kier molecular flexibility index (Phi) is 7.74. The highest BCUT2D eigenvalue weighted by Crippen LogP contribution is 2.23. The molecule has 1 saturated heterocycles. The van der Waals surface area contributed by atoms with Crippen molar-refractivity contribution in [1.29, 1.82) is 0 Å². The molecular weight excluding hydrogens is 400 g/mol. The van der Waals surface area contributed by atoms with Crippen molar-refractivity contribution in [1.82, 2.24) is 15.5 Å². The molecule has 0 aromatic heterocycles. The monoisotopic (exact) mass is 429 g/mol. The minimum absolute atomic E-state index is 0.293. The van der Waals surface area contributed by atoms with Gasteiger partial charge in [-0.25, -0.2) is 8.78 Å². The maximum Gasteiger partial charge on any atom is 0.254 e. The van der Waals surface area contributed by atoms with E-state index in [1.807, 2.05) is 18.2 Å². The first-order chi connectivity index (χ1) is 14.8. The summed E-state index contributed by atoms with van der Waals surface area (Å²) in [5, 5.41) is 5.16. The predicted octanol–water partition coefficient (Wildman–Crippen LogP) is 3.49. The highest BCUT2D eigenvalue weighted by atomic mass is 19.1. The Bertz CT molecular complexity index is 925. The normalized spacial score (nSPS) is 19.1. The van der Waals surface area contributed by atoms with Crippen LogP contribution in [0.25, 0.3) is 0 Å². The second-order valence-corrected chi connectivity index (χ2v) is 8.49. The number of halogens is 2. The summed E-state index contributed by atoms with van der Waals surface area (Å²) in [6.45, 7) is 7.57. The third-order valence-electron chi connectivity index (χ3n) is 5.52. The molecule has 3 rings (SSSR count). The molecule has 0 bridgehead atoms. The first kappa shape index (κ1) is 22.9. The second kappa shape index (κ2) is 10.5. The van der Waals surface area contributed by atoms with Crippen LogP contribution in [-0.4, -0.2) is 36.3 Å². The summed E-state index contributed by atoms with van der Waals surface area (Å²) in [5.41, 5.74) is 1.89. The average Bonchev–Trinajstić information content (AvgIpc) is 2.70. The van der Waals surface area contributed by atoms with E-state index in [4.69, 9.17) is 0 Å². The quantitative estimate of drug-likeness (QED) is 0.708. The number of benzene rings is 2. The topological polar surface area (TPSA) is 61.4 Å². The number of carbonyl (C=O) groups is 2. The van der Waals surface area contributed by atoms with Crippen LogP contribution in [0.2, 0.25) is 0 Å². The van der Waals surface area contributed by atoms with Gasteiger partial charge in [-0.3, -0.25) is 14.5 Å². The van der Waals surface area contributed by atoms with Crippen LogP contribution in [0, 0.1) is 23.5 Å².